The number of ether oxygens (including phenoxy) is 2. The van der Waals surface area contributed by atoms with E-state index < -0.39 is 12.0 Å². The Bertz CT molecular complexity index is 1380. The largest absolute Gasteiger partial charge is 0.494 e. The molecule has 5 rings (SSSR count). The van der Waals surface area contributed by atoms with Crippen molar-refractivity contribution in [3.63, 3.8) is 0 Å². The number of amides is 2. The van der Waals surface area contributed by atoms with Crippen molar-refractivity contribution in [3.05, 3.63) is 126 Å². The van der Waals surface area contributed by atoms with Gasteiger partial charge in [0.25, 0.3) is 5.91 Å². The van der Waals surface area contributed by atoms with Crippen molar-refractivity contribution in [2.75, 3.05) is 18.1 Å². The van der Waals surface area contributed by atoms with Crippen molar-refractivity contribution >= 4 is 35.1 Å². The lowest BCUT2D eigenvalue weighted by atomic mass is 10.1. The van der Waals surface area contributed by atoms with Crippen LogP contribution in [-0.2, 0) is 16.0 Å². The molecule has 0 atom stereocenters. The van der Waals surface area contributed by atoms with Crippen LogP contribution in [0, 0.1) is 0 Å². The number of hydrogen-bond acceptors (Lipinski definition) is 5. The summed E-state index contributed by atoms with van der Waals surface area (Å²) in [5.41, 5.74) is 4.81. The van der Waals surface area contributed by atoms with E-state index in [0.29, 0.717) is 13.0 Å². The number of hydrogen-bond donors (Lipinski definition) is 0. The molecule has 1 fully saturated rings. The van der Waals surface area contributed by atoms with Gasteiger partial charge in [-0.1, -0.05) is 60.7 Å². The summed E-state index contributed by atoms with van der Waals surface area (Å²) in [5.74, 6) is 0.387. The molecule has 0 aliphatic carbocycles. The van der Waals surface area contributed by atoms with Crippen LogP contribution in [-0.4, -0.2) is 30.1 Å². The molecule has 0 radical (unpaired) electrons. The Morgan fingerprint density at radius 1 is 0.763 bits per heavy atom. The second kappa shape index (κ2) is 11.5. The van der Waals surface area contributed by atoms with Gasteiger partial charge in [-0.3, -0.25) is 4.79 Å². The number of carbonyl (C=O) groups is 2. The average molecular weight is 505 g/mol. The van der Waals surface area contributed by atoms with Crippen LogP contribution in [0.1, 0.15) is 18.1 Å². The zero-order valence-corrected chi connectivity index (χ0v) is 21.1. The maximum absolute atomic E-state index is 12.9. The third kappa shape index (κ3) is 5.60. The van der Waals surface area contributed by atoms with Gasteiger partial charge in [-0.05, 0) is 79.1 Å². The van der Waals surface area contributed by atoms with Gasteiger partial charge in [0, 0.05) is 23.6 Å². The predicted molar refractivity (Wildman–Crippen MR) is 149 cm³/mol. The number of carbonyl (C=O) groups excluding carboxylic acids is 2. The fourth-order valence-electron chi connectivity index (χ4n) is 4.33. The Morgan fingerprint density at radius 2 is 1.34 bits per heavy atom. The SMILES string of the molecule is CCOc1ccc(CCN2C(=O)OC(=Cc3ccc(N(c4ccccc4)c4ccccc4)cc3)C2=O)cc1. The van der Waals surface area contributed by atoms with Crippen molar-refractivity contribution in [1.29, 1.82) is 0 Å². The van der Waals surface area contributed by atoms with Crippen LogP contribution in [0.3, 0.4) is 0 Å². The molecule has 0 unspecified atom stereocenters. The molecule has 0 saturated carbocycles. The summed E-state index contributed by atoms with van der Waals surface area (Å²) < 4.78 is 10.8. The number of nitrogens with zero attached hydrogens (tertiary/aromatic N) is 2. The molecule has 0 spiro atoms. The smallest absolute Gasteiger partial charge is 0.422 e. The van der Waals surface area contributed by atoms with E-state index in [9.17, 15) is 9.59 Å². The summed E-state index contributed by atoms with van der Waals surface area (Å²) >= 11 is 0. The van der Waals surface area contributed by atoms with Gasteiger partial charge in [0.15, 0.2) is 5.76 Å². The van der Waals surface area contributed by atoms with E-state index in [1.54, 1.807) is 6.08 Å². The van der Waals surface area contributed by atoms with E-state index in [0.717, 1.165) is 38.8 Å². The predicted octanol–water partition coefficient (Wildman–Crippen LogP) is 7.12. The van der Waals surface area contributed by atoms with Crippen LogP contribution in [0.4, 0.5) is 21.9 Å². The van der Waals surface area contributed by atoms with Gasteiger partial charge in [0.1, 0.15) is 5.75 Å². The van der Waals surface area contributed by atoms with Gasteiger partial charge in [0.05, 0.1) is 6.61 Å². The molecule has 0 bridgehead atoms. The van der Waals surface area contributed by atoms with E-state index in [4.69, 9.17) is 9.47 Å². The van der Waals surface area contributed by atoms with Gasteiger partial charge in [-0.15, -0.1) is 0 Å². The highest BCUT2D eigenvalue weighted by Crippen LogP contribution is 2.34. The molecule has 0 N–H and O–H groups in total. The minimum Gasteiger partial charge on any atom is -0.494 e. The van der Waals surface area contributed by atoms with Crippen molar-refractivity contribution in [3.8, 4) is 5.75 Å². The summed E-state index contributed by atoms with van der Waals surface area (Å²) in [6.45, 7) is 2.77. The number of imide groups is 1. The maximum atomic E-state index is 12.9. The molecule has 2 amide bonds. The molecule has 1 heterocycles. The van der Waals surface area contributed by atoms with Gasteiger partial charge in [0.2, 0.25) is 0 Å². The summed E-state index contributed by atoms with van der Waals surface area (Å²) in [5, 5.41) is 0. The first-order valence-electron chi connectivity index (χ1n) is 12.6. The zero-order chi connectivity index (χ0) is 26.3. The quantitative estimate of drug-likeness (QED) is 0.227. The van der Waals surface area contributed by atoms with E-state index in [1.165, 1.54) is 0 Å². The van der Waals surface area contributed by atoms with Crippen LogP contribution in [0.2, 0.25) is 0 Å². The second-order valence-electron chi connectivity index (χ2n) is 8.76. The number of benzene rings is 4. The minimum absolute atomic E-state index is 0.0254. The number of cyclic esters (lactones) is 1. The highest BCUT2D eigenvalue weighted by molar-refractivity contribution is 6.09. The molecule has 4 aromatic rings. The fraction of sp³-hybridized carbons (Fsp3) is 0.125. The lowest BCUT2D eigenvalue weighted by Crippen LogP contribution is -2.30. The first kappa shape index (κ1) is 24.8. The first-order valence-corrected chi connectivity index (χ1v) is 12.6. The molecule has 38 heavy (non-hydrogen) atoms. The second-order valence-corrected chi connectivity index (χ2v) is 8.76. The molecule has 6 nitrogen and oxygen atoms in total. The van der Waals surface area contributed by atoms with E-state index in [-0.39, 0.29) is 12.3 Å². The first-order chi connectivity index (χ1) is 18.6. The standard InChI is InChI=1S/C32H28N2O4/c1-2-37-29-19-15-24(16-20-29)21-22-33-31(35)30(38-32(33)36)23-25-13-17-28(18-14-25)34(26-9-5-3-6-10-26)27-11-7-4-8-12-27/h3-20,23H,2,21-22H2,1H3. The molecule has 6 heteroatoms. The van der Waals surface area contributed by atoms with Crippen molar-refractivity contribution in [2.45, 2.75) is 13.3 Å². The third-order valence-electron chi connectivity index (χ3n) is 6.21. The minimum atomic E-state index is -0.650. The summed E-state index contributed by atoms with van der Waals surface area (Å²) in [7, 11) is 0. The normalized spacial score (nSPS) is 14.0. The van der Waals surface area contributed by atoms with Gasteiger partial charge >= 0.3 is 6.09 Å². The molecule has 0 aromatic heterocycles. The molecule has 1 aliphatic heterocycles. The Morgan fingerprint density at radius 3 is 1.92 bits per heavy atom. The van der Waals surface area contributed by atoms with Crippen LogP contribution < -0.4 is 9.64 Å². The maximum Gasteiger partial charge on any atom is 0.422 e. The van der Waals surface area contributed by atoms with Crippen LogP contribution in [0.5, 0.6) is 5.75 Å². The van der Waals surface area contributed by atoms with Gasteiger partial charge < -0.3 is 14.4 Å². The average Bonchev–Trinajstić information content (AvgIpc) is 3.22. The van der Waals surface area contributed by atoms with E-state index in [2.05, 4.69) is 29.2 Å². The zero-order valence-electron chi connectivity index (χ0n) is 21.1. The Balaban J connectivity index is 1.30. The van der Waals surface area contributed by atoms with Crippen molar-refractivity contribution in [2.24, 2.45) is 0 Å². The molecule has 4 aromatic carbocycles. The van der Waals surface area contributed by atoms with Crippen LogP contribution in [0.15, 0.2) is 115 Å². The van der Waals surface area contributed by atoms with E-state index in [1.807, 2.05) is 91.9 Å². The molecular weight excluding hydrogens is 476 g/mol. The van der Waals surface area contributed by atoms with E-state index >= 15 is 0 Å². The Kier molecular flexibility index (Phi) is 7.50. The Hall–Kier alpha value is -4.84. The van der Waals surface area contributed by atoms with Crippen LogP contribution in [0.25, 0.3) is 6.08 Å². The number of rotatable bonds is 9. The van der Waals surface area contributed by atoms with Crippen LogP contribution >= 0.6 is 0 Å². The lowest BCUT2D eigenvalue weighted by molar-refractivity contribution is -0.123. The van der Waals surface area contributed by atoms with Gasteiger partial charge in [-0.25, -0.2) is 9.69 Å². The Labute approximate surface area is 222 Å². The highest BCUT2D eigenvalue weighted by Gasteiger charge is 2.36. The van der Waals surface area contributed by atoms with Crippen molar-refractivity contribution < 1.29 is 19.1 Å². The highest BCUT2D eigenvalue weighted by atomic mass is 16.6. The monoisotopic (exact) mass is 504 g/mol. The topological polar surface area (TPSA) is 59.1 Å². The number of anilines is 3. The molecule has 190 valence electrons. The molecule has 1 aliphatic rings. The summed E-state index contributed by atoms with van der Waals surface area (Å²) in [6.07, 6.45) is 1.49. The third-order valence-corrected chi connectivity index (χ3v) is 6.21. The summed E-state index contributed by atoms with van der Waals surface area (Å²) in [4.78, 5) is 28.6. The lowest BCUT2D eigenvalue weighted by Gasteiger charge is -2.25. The molecule has 1 saturated heterocycles. The number of para-hydroxylation sites is 2. The van der Waals surface area contributed by atoms with Gasteiger partial charge in [-0.2, -0.15) is 0 Å². The fourth-order valence-corrected chi connectivity index (χ4v) is 4.33. The molecular formula is C32H28N2O4. The summed E-state index contributed by atoms with van der Waals surface area (Å²) in [6, 6.07) is 35.6. The van der Waals surface area contributed by atoms with Crippen molar-refractivity contribution in [1.82, 2.24) is 4.90 Å².